The van der Waals surface area contributed by atoms with Gasteiger partial charge in [0.1, 0.15) is 11.6 Å². The highest BCUT2D eigenvalue weighted by Gasteiger charge is 2.31. The Morgan fingerprint density at radius 3 is 2.58 bits per heavy atom. The minimum absolute atomic E-state index is 0. The smallest absolute Gasteiger partial charge is 0.335 e. The Bertz CT molecular complexity index is 863. The van der Waals surface area contributed by atoms with Gasteiger partial charge in [-0.1, -0.05) is 0 Å². The van der Waals surface area contributed by atoms with Crippen molar-refractivity contribution in [3.63, 3.8) is 0 Å². The van der Waals surface area contributed by atoms with Crippen LogP contribution in [-0.2, 0) is 0 Å². The fourth-order valence-electron chi connectivity index (χ4n) is 3.19. The average Bonchev–Trinajstić information content (AvgIpc) is 3.06. The molecule has 0 spiro atoms. The zero-order valence-corrected chi connectivity index (χ0v) is 14.1. The standard InChI is InChI=1S/C17H14F2N2O4.ClH/c18-10-1-4-15(19)14(6-10)16-5-9(8-20-16)13-7-11(21(24)25)2-3-12(13)17(22)23;/h1-4,6-7,9,16,20H,5,8H2,(H,22,23);1H/t9-,16+;/m1./s1. The molecule has 1 fully saturated rings. The van der Waals surface area contributed by atoms with Gasteiger partial charge in [-0.2, -0.15) is 0 Å². The van der Waals surface area contributed by atoms with Gasteiger partial charge in [0.2, 0.25) is 0 Å². The molecule has 2 aromatic rings. The van der Waals surface area contributed by atoms with Gasteiger partial charge in [-0.05, 0) is 42.2 Å². The third-order valence-corrected chi connectivity index (χ3v) is 4.38. The Hall–Kier alpha value is -2.58. The summed E-state index contributed by atoms with van der Waals surface area (Å²) in [6.07, 6.45) is 0.307. The number of aromatic carboxylic acids is 1. The van der Waals surface area contributed by atoms with Crippen LogP contribution in [0.25, 0.3) is 0 Å². The minimum atomic E-state index is -1.19. The minimum Gasteiger partial charge on any atom is -0.478 e. The molecule has 0 unspecified atom stereocenters. The summed E-state index contributed by atoms with van der Waals surface area (Å²) in [5.74, 6) is -2.68. The van der Waals surface area contributed by atoms with Crippen LogP contribution < -0.4 is 5.32 Å². The van der Waals surface area contributed by atoms with Gasteiger partial charge < -0.3 is 10.4 Å². The number of nitrogens with zero attached hydrogens (tertiary/aromatic N) is 1. The Morgan fingerprint density at radius 2 is 1.92 bits per heavy atom. The fraction of sp³-hybridized carbons (Fsp3) is 0.235. The van der Waals surface area contributed by atoms with E-state index in [1.54, 1.807) is 0 Å². The number of benzene rings is 2. The van der Waals surface area contributed by atoms with Crippen LogP contribution in [0.1, 0.15) is 39.9 Å². The van der Waals surface area contributed by atoms with E-state index in [9.17, 15) is 28.8 Å². The molecule has 1 aliphatic rings. The monoisotopic (exact) mass is 384 g/mol. The maximum absolute atomic E-state index is 13.9. The Balaban J connectivity index is 0.00000243. The van der Waals surface area contributed by atoms with Crippen molar-refractivity contribution in [1.29, 1.82) is 0 Å². The Kier molecular flexibility index (Phi) is 5.89. The summed E-state index contributed by atoms with van der Waals surface area (Å²) >= 11 is 0. The van der Waals surface area contributed by atoms with Crippen molar-refractivity contribution >= 4 is 24.1 Å². The van der Waals surface area contributed by atoms with Crippen molar-refractivity contribution < 1.29 is 23.6 Å². The summed E-state index contributed by atoms with van der Waals surface area (Å²) in [6, 6.07) is 6.23. The molecule has 1 saturated heterocycles. The number of rotatable bonds is 4. The Morgan fingerprint density at radius 1 is 1.19 bits per heavy atom. The van der Waals surface area contributed by atoms with Gasteiger partial charge in [0.15, 0.2) is 0 Å². The molecule has 0 aliphatic carbocycles. The lowest BCUT2D eigenvalue weighted by molar-refractivity contribution is -0.384. The van der Waals surface area contributed by atoms with E-state index in [4.69, 9.17) is 0 Å². The van der Waals surface area contributed by atoms with Crippen LogP contribution in [-0.4, -0.2) is 22.5 Å². The number of nitro groups is 1. The van der Waals surface area contributed by atoms with Crippen LogP contribution in [0, 0.1) is 21.7 Å². The number of hydrogen-bond acceptors (Lipinski definition) is 4. The van der Waals surface area contributed by atoms with Crippen LogP contribution in [0.2, 0.25) is 0 Å². The molecule has 0 saturated carbocycles. The van der Waals surface area contributed by atoms with Crippen molar-refractivity contribution in [2.24, 2.45) is 0 Å². The number of non-ortho nitro benzene ring substituents is 1. The van der Waals surface area contributed by atoms with Crippen molar-refractivity contribution in [2.75, 3.05) is 6.54 Å². The fourth-order valence-corrected chi connectivity index (χ4v) is 3.19. The molecule has 6 nitrogen and oxygen atoms in total. The molecule has 0 radical (unpaired) electrons. The topological polar surface area (TPSA) is 92.5 Å². The zero-order chi connectivity index (χ0) is 18.1. The summed E-state index contributed by atoms with van der Waals surface area (Å²) in [7, 11) is 0. The van der Waals surface area contributed by atoms with E-state index in [0.717, 1.165) is 24.3 Å². The first-order valence-electron chi connectivity index (χ1n) is 7.56. The van der Waals surface area contributed by atoms with Crippen LogP contribution in [0.4, 0.5) is 14.5 Å². The normalized spacial score (nSPS) is 19.0. The molecule has 1 heterocycles. The molecule has 1 aliphatic heterocycles. The van der Waals surface area contributed by atoms with Gasteiger partial charge >= 0.3 is 5.97 Å². The summed E-state index contributed by atoms with van der Waals surface area (Å²) in [4.78, 5) is 21.8. The van der Waals surface area contributed by atoms with Crippen LogP contribution in [0.3, 0.4) is 0 Å². The third kappa shape index (κ3) is 3.81. The molecule has 9 heteroatoms. The van der Waals surface area contributed by atoms with Crippen molar-refractivity contribution in [3.05, 3.63) is 74.8 Å². The largest absolute Gasteiger partial charge is 0.478 e. The highest BCUT2D eigenvalue weighted by Crippen LogP contribution is 2.37. The number of carboxylic acid groups (broad SMARTS) is 1. The molecule has 26 heavy (non-hydrogen) atoms. The molecular formula is C17H15ClF2N2O4. The van der Waals surface area contributed by atoms with Gasteiger partial charge in [-0.15, -0.1) is 12.4 Å². The van der Waals surface area contributed by atoms with E-state index >= 15 is 0 Å². The van der Waals surface area contributed by atoms with Gasteiger partial charge in [-0.3, -0.25) is 10.1 Å². The van der Waals surface area contributed by atoms with Crippen molar-refractivity contribution in [3.8, 4) is 0 Å². The van der Waals surface area contributed by atoms with Gasteiger partial charge in [0.05, 0.1) is 10.5 Å². The van der Waals surface area contributed by atoms with Gasteiger partial charge in [0, 0.05) is 30.3 Å². The predicted molar refractivity (Wildman–Crippen MR) is 91.8 cm³/mol. The maximum atomic E-state index is 13.9. The van der Waals surface area contributed by atoms with E-state index in [0.29, 0.717) is 18.5 Å². The number of halogens is 3. The second-order valence-corrected chi connectivity index (χ2v) is 5.89. The lowest BCUT2D eigenvalue weighted by Crippen LogP contribution is -2.15. The Labute approximate surface area is 153 Å². The summed E-state index contributed by atoms with van der Waals surface area (Å²) in [5.41, 5.74) is 0.233. The van der Waals surface area contributed by atoms with Crippen molar-refractivity contribution in [1.82, 2.24) is 5.32 Å². The molecule has 138 valence electrons. The molecule has 2 aromatic carbocycles. The number of nitrogens with one attached hydrogen (secondary N) is 1. The second kappa shape index (κ2) is 7.76. The summed E-state index contributed by atoms with van der Waals surface area (Å²) in [5, 5.41) is 23.3. The average molecular weight is 385 g/mol. The molecule has 2 N–H and O–H groups in total. The second-order valence-electron chi connectivity index (χ2n) is 5.89. The van der Waals surface area contributed by atoms with Crippen LogP contribution >= 0.6 is 12.4 Å². The highest BCUT2D eigenvalue weighted by atomic mass is 35.5. The van der Waals surface area contributed by atoms with Crippen molar-refractivity contribution in [2.45, 2.75) is 18.4 Å². The third-order valence-electron chi connectivity index (χ3n) is 4.38. The molecule has 0 bridgehead atoms. The maximum Gasteiger partial charge on any atom is 0.335 e. The van der Waals surface area contributed by atoms with Gasteiger partial charge in [0.25, 0.3) is 5.69 Å². The lowest BCUT2D eigenvalue weighted by atomic mass is 9.90. The number of carboxylic acids is 1. The van der Waals surface area contributed by atoms with Gasteiger partial charge in [-0.25, -0.2) is 13.6 Å². The zero-order valence-electron chi connectivity index (χ0n) is 13.3. The predicted octanol–water partition coefficient (Wildman–Crippen LogP) is 3.81. The molecule has 2 atom stereocenters. The summed E-state index contributed by atoms with van der Waals surface area (Å²) in [6.45, 7) is 0.308. The number of hydrogen-bond donors (Lipinski definition) is 2. The molecule has 0 aromatic heterocycles. The van der Waals surface area contributed by atoms with E-state index in [1.165, 1.54) is 12.1 Å². The number of carbonyl (C=O) groups is 1. The van der Waals surface area contributed by atoms with E-state index in [1.807, 2.05) is 0 Å². The van der Waals surface area contributed by atoms with E-state index in [2.05, 4.69) is 5.32 Å². The summed E-state index contributed by atoms with van der Waals surface area (Å²) < 4.78 is 27.3. The SMILES string of the molecule is Cl.O=C(O)c1ccc([N+](=O)[O-])cc1[C@H]1CN[C@H](c2cc(F)ccc2F)C1. The quantitative estimate of drug-likeness (QED) is 0.617. The first-order chi connectivity index (χ1) is 11.9. The highest BCUT2D eigenvalue weighted by molar-refractivity contribution is 5.90. The molecule has 0 amide bonds. The number of nitro benzene ring substituents is 1. The van der Waals surface area contributed by atoms with Crippen LogP contribution in [0.15, 0.2) is 36.4 Å². The first kappa shape index (κ1) is 19.7. The van der Waals surface area contributed by atoms with E-state index in [-0.39, 0.29) is 35.1 Å². The molecular weight excluding hydrogens is 370 g/mol. The first-order valence-corrected chi connectivity index (χ1v) is 7.56. The van der Waals surface area contributed by atoms with Crippen LogP contribution in [0.5, 0.6) is 0 Å². The molecule has 3 rings (SSSR count). The van der Waals surface area contributed by atoms with E-state index < -0.39 is 28.6 Å². The lowest BCUT2D eigenvalue weighted by Gasteiger charge is -2.14.